The number of nitrogens with zero attached hydrogens (tertiary/aromatic N) is 4. The van der Waals surface area contributed by atoms with Crippen molar-refractivity contribution in [3.8, 4) is 0 Å². The summed E-state index contributed by atoms with van der Waals surface area (Å²) in [6, 6.07) is 1.74. The number of pyridine rings is 1. The van der Waals surface area contributed by atoms with Gasteiger partial charge in [-0.25, -0.2) is 9.97 Å². The summed E-state index contributed by atoms with van der Waals surface area (Å²) in [5, 5.41) is 4.93. The number of hydrogen-bond acceptors (Lipinski definition) is 7. The highest BCUT2D eigenvalue weighted by Crippen LogP contribution is 2.30. The molecule has 4 heterocycles. The largest absolute Gasteiger partial charge is 0.372 e. The first-order chi connectivity index (χ1) is 13.0. The summed E-state index contributed by atoms with van der Waals surface area (Å²) in [6.45, 7) is 5.54. The number of morpholine rings is 1. The lowest BCUT2D eigenvalue weighted by molar-refractivity contribution is -0.117. The van der Waals surface area contributed by atoms with E-state index in [1.807, 2.05) is 19.2 Å². The van der Waals surface area contributed by atoms with Crippen LogP contribution in [0.2, 0.25) is 0 Å². The molecule has 0 bridgehead atoms. The van der Waals surface area contributed by atoms with Gasteiger partial charge in [0.15, 0.2) is 5.82 Å². The smallest absolute Gasteiger partial charge is 0.255 e. The van der Waals surface area contributed by atoms with Crippen LogP contribution in [0.1, 0.15) is 29.9 Å². The van der Waals surface area contributed by atoms with Crippen LogP contribution in [0.25, 0.3) is 0 Å². The van der Waals surface area contributed by atoms with Crippen LogP contribution in [0.4, 0.5) is 11.5 Å². The van der Waals surface area contributed by atoms with Crippen LogP contribution < -0.4 is 10.2 Å². The third kappa shape index (κ3) is 3.65. The summed E-state index contributed by atoms with van der Waals surface area (Å²) >= 11 is 1.48. The molecule has 2 aliphatic heterocycles. The molecule has 0 aromatic carbocycles. The van der Waals surface area contributed by atoms with Gasteiger partial charge in [0, 0.05) is 24.7 Å². The van der Waals surface area contributed by atoms with E-state index >= 15 is 0 Å². The van der Waals surface area contributed by atoms with E-state index in [2.05, 4.69) is 15.3 Å². The Morgan fingerprint density at radius 2 is 2.11 bits per heavy atom. The van der Waals surface area contributed by atoms with E-state index in [0.717, 1.165) is 5.69 Å². The Balaban J connectivity index is 1.62. The number of hydrogen-bond donors (Lipinski definition) is 1. The number of fused-ring (bicyclic) bond motifs is 1. The van der Waals surface area contributed by atoms with Gasteiger partial charge in [-0.1, -0.05) is 0 Å². The molecule has 9 heteroatoms. The number of ether oxygens (including phenoxy) is 1. The van der Waals surface area contributed by atoms with E-state index in [-0.39, 0.29) is 30.6 Å². The van der Waals surface area contributed by atoms with Crippen LogP contribution in [0, 0.1) is 0 Å². The zero-order valence-corrected chi connectivity index (χ0v) is 16.0. The molecular formula is C18H21N5O3S. The minimum absolute atomic E-state index is 0.00676. The fourth-order valence-corrected chi connectivity index (χ4v) is 4.03. The van der Waals surface area contributed by atoms with Gasteiger partial charge in [0.2, 0.25) is 5.91 Å². The van der Waals surface area contributed by atoms with Gasteiger partial charge in [0.1, 0.15) is 0 Å². The summed E-state index contributed by atoms with van der Waals surface area (Å²) in [4.78, 5) is 37.5. The summed E-state index contributed by atoms with van der Waals surface area (Å²) < 4.78 is 5.70. The van der Waals surface area contributed by atoms with Crippen LogP contribution in [-0.2, 0) is 16.1 Å². The van der Waals surface area contributed by atoms with Crippen molar-refractivity contribution in [3.63, 3.8) is 0 Å². The first kappa shape index (κ1) is 17.9. The Kier molecular flexibility index (Phi) is 4.79. The normalized spacial score (nSPS) is 22.4. The van der Waals surface area contributed by atoms with Crippen molar-refractivity contribution in [3.05, 3.63) is 34.4 Å². The van der Waals surface area contributed by atoms with E-state index in [9.17, 15) is 9.59 Å². The molecule has 2 amide bonds. The maximum Gasteiger partial charge on any atom is 0.255 e. The second kappa shape index (κ2) is 7.24. The predicted molar refractivity (Wildman–Crippen MR) is 102 cm³/mol. The molecule has 2 atom stereocenters. The standard InChI is InChI=1S/C18H21N5O3S/c1-11-6-22(7-12(2)26-11)18(25)13-3-15-17(19-4-13)20-5-16(24)23(15)8-14-9-27-10-21-14/h3-4,9-12H,5-8H2,1-2H3,(H,19,20)/t11-,12+. The van der Waals surface area contributed by atoms with E-state index < -0.39 is 0 Å². The van der Waals surface area contributed by atoms with Gasteiger partial charge in [0.05, 0.1) is 47.8 Å². The number of carbonyl (C=O) groups excluding carboxylic acids is 2. The molecule has 2 aromatic heterocycles. The number of thiazole rings is 1. The Hall–Kier alpha value is -2.52. The fourth-order valence-electron chi connectivity index (χ4n) is 3.48. The van der Waals surface area contributed by atoms with Gasteiger partial charge in [-0.3, -0.25) is 9.59 Å². The molecule has 0 unspecified atom stereocenters. The molecule has 0 spiro atoms. The Labute approximate surface area is 161 Å². The van der Waals surface area contributed by atoms with Gasteiger partial charge < -0.3 is 19.9 Å². The SMILES string of the molecule is C[C@@H]1CN(C(=O)c2cnc3c(c2)N(Cc2cscn2)C(=O)CN3)C[C@H](C)O1. The van der Waals surface area contributed by atoms with Crippen LogP contribution in [0.15, 0.2) is 23.2 Å². The van der Waals surface area contributed by atoms with Crippen LogP contribution in [-0.4, -0.2) is 58.5 Å². The Morgan fingerprint density at radius 3 is 2.81 bits per heavy atom. The summed E-state index contributed by atoms with van der Waals surface area (Å²) in [6.07, 6.45) is 1.55. The molecule has 0 saturated carbocycles. The van der Waals surface area contributed by atoms with Gasteiger partial charge in [-0.15, -0.1) is 11.3 Å². The minimum Gasteiger partial charge on any atom is -0.372 e. The van der Waals surface area contributed by atoms with Gasteiger partial charge in [-0.2, -0.15) is 0 Å². The fraction of sp³-hybridized carbons (Fsp3) is 0.444. The zero-order chi connectivity index (χ0) is 19.0. The highest BCUT2D eigenvalue weighted by molar-refractivity contribution is 7.07. The highest BCUT2D eigenvalue weighted by atomic mass is 32.1. The third-order valence-electron chi connectivity index (χ3n) is 4.62. The average molecular weight is 387 g/mol. The Bertz CT molecular complexity index is 847. The molecule has 0 radical (unpaired) electrons. The van der Waals surface area contributed by atoms with Crippen LogP contribution >= 0.6 is 11.3 Å². The van der Waals surface area contributed by atoms with Crippen molar-refractivity contribution >= 4 is 34.7 Å². The van der Waals surface area contributed by atoms with Gasteiger partial charge in [-0.05, 0) is 19.9 Å². The van der Waals surface area contributed by atoms with Crippen molar-refractivity contribution < 1.29 is 14.3 Å². The first-order valence-electron chi connectivity index (χ1n) is 8.87. The van der Waals surface area contributed by atoms with Crippen molar-refractivity contribution in [2.45, 2.75) is 32.6 Å². The topological polar surface area (TPSA) is 87.7 Å². The molecule has 4 rings (SSSR count). The number of carbonyl (C=O) groups is 2. The number of anilines is 2. The van der Waals surface area contributed by atoms with E-state index in [1.165, 1.54) is 11.3 Å². The molecule has 1 saturated heterocycles. The van der Waals surface area contributed by atoms with Crippen LogP contribution in [0.3, 0.4) is 0 Å². The second-order valence-electron chi connectivity index (χ2n) is 6.87. The molecule has 1 fully saturated rings. The Morgan fingerprint density at radius 1 is 1.33 bits per heavy atom. The number of amides is 2. The lowest BCUT2D eigenvalue weighted by atomic mass is 10.1. The lowest BCUT2D eigenvalue weighted by Crippen LogP contribution is -2.48. The molecule has 2 aliphatic rings. The van der Waals surface area contributed by atoms with E-state index in [1.54, 1.807) is 27.6 Å². The number of nitrogens with one attached hydrogen (secondary N) is 1. The van der Waals surface area contributed by atoms with Crippen molar-refractivity contribution in [1.82, 2.24) is 14.9 Å². The summed E-state index contributed by atoms with van der Waals surface area (Å²) in [5.74, 6) is 0.430. The van der Waals surface area contributed by atoms with E-state index in [0.29, 0.717) is 36.7 Å². The highest BCUT2D eigenvalue weighted by Gasteiger charge is 2.30. The minimum atomic E-state index is -0.0982. The second-order valence-corrected chi connectivity index (χ2v) is 7.59. The predicted octanol–water partition coefficient (Wildman–Crippen LogP) is 1.75. The maximum atomic E-state index is 13.0. The third-order valence-corrected chi connectivity index (χ3v) is 5.26. The molecule has 1 N–H and O–H groups in total. The van der Waals surface area contributed by atoms with Gasteiger partial charge in [0.25, 0.3) is 5.91 Å². The zero-order valence-electron chi connectivity index (χ0n) is 15.2. The number of aromatic nitrogens is 2. The molecule has 142 valence electrons. The monoisotopic (exact) mass is 387 g/mol. The average Bonchev–Trinajstić information content (AvgIpc) is 3.15. The molecule has 2 aromatic rings. The molecule has 27 heavy (non-hydrogen) atoms. The van der Waals surface area contributed by atoms with Gasteiger partial charge >= 0.3 is 0 Å². The molecular weight excluding hydrogens is 366 g/mol. The van der Waals surface area contributed by atoms with E-state index in [4.69, 9.17) is 4.74 Å². The number of rotatable bonds is 3. The summed E-state index contributed by atoms with van der Waals surface area (Å²) in [7, 11) is 0. The lowest BCUT2D eigenvalue weighted by Gasteiger charge is -2.35. The quantitative estimate of drug-likeness (QED) is 0.863. The first-order valence-corrected chi connectivity index (χ1v) is 9.81. The molecule has 8 nitrogen and oxygen atoms in total. The molecule has 0 aliphatic carbocycles. The van der Waals surface area contributed by atoms with Crippen molar-refractivity contribution in [2.24, 2.45) is 0 Å². The van der Waals surface area contributed by atoms with Crippen LogP contribution in [0.5, 0.6) is 0 Å². The van der Waals surface area contributed by atoms with Crippen molar-refractivity contribution in [1.29, 1.82) is 0 Å². The maximum absolute atomic E-state index is 13.0. The van der Waals surface area contributed by atoms with Crippen molar-refractivity contribution in [2.75, 3.05) is 29.9 Å². The summed E-state index contributed by atoms with van der Waals surface area (Å²) in [5.41, 5.74) is 3.63.